The lowest BCUT2D eigenvalue weighted by atomic mass is 10.0. The lowest BCUT2D eigenvalue weighted by Gasteiger charge is -2.13. The van der Waals surface area contributed by atoms with Gasteiger partial charge in [0.15, 0.2) is 0 Å². The third kappa shape index (κ3) is 5.85. The quantitative estimate of drug-likeness (QED) is 0.791. The number of anilines is 1. The Morgan fingerprint density at radius 2 is 1.95 bits per heavy atom. The Balaban J connectivity index is 2.50. The van der Waals surface area contributed by atoms with Gasteiger partial charge in [0, 0.05) is 18.7 Å². The molecular formula is C15H25N3O. The molecule has 0 heterocycles. The molecule has 0 aliphatic carbocycles. The van der Waals surface area contributed by atoms with E-state index in [4.69, 9.17) is 5.73 Å². The van der Waals surface area contributed by atoms with Crippen molar-refractivity contribution >= 4 is 11.6 Å². The molecule has 1 unspecified atom stereocenters. The van der Waals surface area contributed by atoms with E-state index in [9.17, 15) is 4.79 Å². The molecule has 0 aliphatic rings. The molecule has 1 atom stereocenters. The molecule has 4 heteroatoms. The van der Waals surface area contributed by atoms with Crippen molar-refractivity contribution < 1.29 is 4.79 Å². The number of nitrogens with zero attached hydrogens (tertiary/aromatic N) is 1. The standard InChI is InChI=1S/C15H25N3O/c1-4-12(10-16)9-15(19)17-14-7-5-13(6-8-14)11-18(2)3/h5-8,12H,4,9-11,16H2,1-3H3,(H,17,19). The molecular weight excluding hydrogens is 238 g/mol. The van der Waals surface area contributed by atoms with Gasteiger partial charge in [-0.15, -0.1) is 0 Å². The van der Waals surface area contributed by atoms with Crippen LogP contribution in [0.2, 0.25) is 0 Å². The maximum absolute atomic E-state index is 11.8. The van der Waals surface area contributed by atoms with Gasteiger partial charge >= 0.3 is 0 Å². The van der Waals surface area contributed by atoms with E-state index in [1.165, 1.54) is 5.56 Å². The third-order valence-corrected chi connectivity index (χ3v) is 3.12. The van der Waals surface area contributed by atoms with E-state index in [0.717, 1.165) is 18.7 Å². The second kappa shape index (κ2) is 7.92. The summed E-state index contributed by atoms with van der Waals surface area (Å²) in [6.07, 6.45) is 1.43. The molecule has 0 spiro atoms. The van der Waals surface area contributed by atoms with Crippen LogP contribution in [0.1, 0.15) is 25.3 Å². The first-order valence-electron chi connectivity index (χ1n) is 6.78. The monoisotopic (exact) mass is 263 g/mol. The molecule has 1 amide bonds. The molecule has 0 aromatic heterocycles. The summed E-state index contributed by atoms with van der Waals surface area (Å²) >= 11 is 0. The fourth-order valence-corrected chi connectivity index (χ4v) is 1.93. The number of hydrogen-bond acceptors (Lipinski definition) is 3. The van der Waals surface area contributed by atoms with Crippen molar-refractivity contribution in [2.24, 2.45) is 11.7 Å². The summed E-state index contributed by atoms with van der Waals surface area (Å²) in [6.45, 7) is 3.52. The Morgan fingerprint density at radius 3 is 2.42 bits per heavy atom. The van der Waals surface area contributed by atoms with Gasteiger partial charge in [-0.25, -0.2) is 0 Å². The van der Waals surface area contributed by atoms with E-state index in [-0.39, 0.29) is 11.8 Å². The van der Waals surface area contributed by atoms with E-state index in [1.54, 1.807) is 0 Å². The topological polar surface area (TPSA) is 58.4 Å². The first-order valence-corrected chi connectivity index (χ1v) is 6.78. The van der Waals surface area contributed by atoms with Crippen LogP contribution in [0.4, 0.5) is 5.69 Å². The zero-order valence-electron chi connectivity index (χ0n) is 12.1. The highest BCUT2D eigenvalue weighted by atomic mass is 16.1. The molecule has 0 saturated heterocycles. The molecule has 0 bridgehead atoms. The normalized spacial score (nSPS) is 12.5. The highest BCUT2D eigenvalue weighted by molar-refractivity contribution is 5.90. The van der Waals surface area contributed by atoms with Gasteiger partial charge in [-0.05, 0) is 44.3 Å². The molecule has 0 radical (unpaired) electrons. The SMILES string of the molecule is CCC(CN)CC(=O)Nc1ccc(CN(C)C)cc1. The van der Waals surface area contributed by atoms with Gasteiger partial charge in [0.05, 0.1) is 0 Å². The predicted octanol–water partition coefficient (Wildman–Crippen LogP) is 2.06. The van der Waals surface area contributed by atoms with Crippen molar-refractivity contribution in [3.63, 3.8) is 0 Å². The summed E-state index contributed by atoms with van der Waals surface area (Å²) in [6, 6.07) is 7.96. The van der Waals surface area contributed by atoms with Crippen LogP contribution in [0, 0.1) is 5.92 Å². The molecule has 1 rings (SSSR count). The molecule has 0 aliphatic heterocycles. The molecule has 0 fully saturated rings. The highest BCUT2D eigenvalue weighted by Gasteiger charge is 2.10. The zero-order valence-corrected chi connectivity index (χ0v) is 12.1. The number of nitrogens with two attached hydrogens (primary N) is 1. The maximum atomic E-state index is 11.8. The smallest absolute Gasteiger partial charge is 0.224 e. The average Bonchev–Trinajstić information content (AvgIpc) is 2.37. The van der Waals surface area contributed by atoms with Crippen molar-refractivity contribution in [3.05, 3.63) is 29.8 Å². The number of hydrogen-bond donors (Lipinski definition) is 2. The minimum absolute atomic E-state index is 0.0395. The Hall–Kier alpha value is -1.39. The Bertz CT molecular complexity index is 383. The minimum Gasteiger partial charge on any atom is -0.330 e. The summed E-state index contributed by atoms with van der Waals surface area (Å²) < 4.78 is 0. The fraction of sp³-hybridized carbons (Fsp3) is 0.533. The van der Waals surface area contributed by atoms with E-state index in [1.807, 2.05) is 38.4 Å². The number of amides is 1. The molecule has 106 valence electrons. The predicted molar refractivity (Wildman–Crippen MR) is 79.9 cm³/mol. The molecule has 1 aromatic rings. The molecule has 3 N–H and O–H groups in total. The van der Waals surface area contributed by atoms with Crippen LogP contribution in [-0.2, 0) is 11.3 Å². The summed E-state index contributed by atoms with van der Waals surface area (Å²) in [4.78, 5) is 13.9. The van der Waals surface area contributed by atoms with Crippen molar-refractivity contribution in [1.29, 1.82) is 0 Å². The number of nitrogens with one attached hydrogen (secondary N) is 1. The van der Waals surface area contributed by atoms with Crippen LogP contribution in [0.3, 0.4) is 0 Å². The number of rotatable bonds is 7. The van der Waals surface area contributed by atoms with Crippen LogP contribution in [0.25, 0.3) is 0 Å². The van der Waals surface area contributed by atoms with Crippen molar-refractivity contribution in [1.82, 2.24) is 4.90 Å². The van der Waals surface area contributed by atoms with Gasteiger partial charge in [-0.2, -0.15) is 0 Å². The molecule has 19 heavy (non-hydrogen) atoms. The second-order valence-corrected chi connectivity index (χ2v) is 5.20. The summed E-state index contributed by atoms with van der Waals surface area (Å²) in [5.74, 6) is 0.311. The van der Waals surface area contributed by atoms with Crippen LogP contribution in [0.15, 0.2) is 24.3 Å². The lowest BCUT2D eigenvalue weighted by molar-refractivity contribution is -0.117. The van der Waals surface area contributed by atoms with Crippen LogP contribution in [-0.4, -0.2) is 31.4 Å². The van der Waals surface area contributed by atoms with E-state index in [0.29, 0.717) is 13.0 Å². The summed E-state index contributed by atoms with van der Waals surface area (Å²) in [5, 5.41) is 2.91. The van der Waals surface area contributed by atoms with Gasteiger partial charge < -0.3 is 16.0 Å². The maximum Gasteiger partial charge on any atom is 0.224 e. The molecule has 1 aromatic carbocycles. The first kappa shape index (κ1) is 15.7. The largest absolute Gasteiger partial charge is 0.330 e. The van der Waals surface area contributed by atoms with E-state index >= 15 is 0 Å². The van der Waals surface area contributed by atoms with E-state index < -0.39 is 0 Å². The third-order valence-electron chi connectivity index (χ3n) is 3.12. The lowest BCUT2D eigenvalue weighted by Crippen LogP contribution is -2.21. The first-order chi connectivity index (χ1) is 9.05. The van der Waals surface area contributed by atoms with Crippen LogP contribution >= 0.6 is 0 Å². The van der Waals surface area contributed by atoms with Gasteiger partial charge in [-0.3, -0.25) is 4.79 Å². The van der Waals surface area contributed by atoms with Gasteiger partial charge in [0.2, 0.25) is 5.91 Å². The van der Waals surface area contributed by atoms with Crippen LogP contribution < -0.4 is 11.1 Å². The Kier molecular flexibility index (Phi) is 6.53. The Morgan fingerprint density at radius 1 is 1.32 bits per heavy atom. The number of benzene rings is 1. The zero-order chi connectivity index (χ0) is 14.3. The molecule has 4 nitrogen and oxygen atoms in total. The number of carbonyl (C=O) groups excluding carboxylic acids is 1. The van der Waals surface area contributed by atoms with Gasteiger partial charge in [0.1, 0.15) is 0 Å². The highest BCUT2D eigenvalue weighted by Crippen LogP contribution is 2.13. The van der Waals surface area contributed by atoms with Gasteiger partial charge in [-0.1, -0.05) is 25.5 Å². The Labute approximate surface area is 116 Å². The second-order valence-electron chi connectivity index (χ2n) is 5.20. The van der Waals surface area contributed by atoms with Crippen molar-refractivity contribution in [3.8, 4) is 0 Å². The van der Waals surface area contributed by atoms with E-state index in [2.05, 4.69) is 17.1 Å². The van der Waals surface area contributed by atoms with Crippen molar-refractivity contribution in [2.75, 3.05) is 26.0 Å². The van der Waals surface area contributed by atoms with Crippen molar-refractivity contribution in [2.45, 2.75) is 26.3 Å². The summed E-state index contributed by atoms with van der Waals surface area (Å²) in [5.41, 5.74) is 7.69. The van der Waals surface area contributed by atoms with Gasteiger partial charge in [0.25, 0.3) is 0 Å². The number of carbonyl (C=O) groups is 1. The molecule has 0 saturated carbocycles. The minimum atomic E-state index is 0.0395. The average molecular weight is 263 g/mol. The fourth-order valence-electron chi connectivity index (χ4n) is 1.93. The van der Waals surface area contributed by atoms with Crippen LogP contribution in [0.5, 0.6) is 0 Å². The summed E-state index contributed by atoms with van der Waals surface area (Å²) in [7, 11) is 4.07.